The van der Waals surface area contributed by atoms with E-state index < -0.39 is 0 Å². The number of amides is 1. The first-order valence-electron chi connectivity index (χ1n) is 5.39. The zero-order valence-electron chi connectivity index (χ0n) is 9.41. The Balaban J connectivity index is 2.08. The molecule has 0 unspecified atom stereocenters. The third kappa shape index (κ3) is 3.10. The molecule has 1 aliphatic rings. The molecule has 0 atom stereocenters. The van der Waals surface area contributed by atoms with Crippen LogP contribution in [-0.2, 0) is 4.74 Å². The molecular weight excluding hydrogens is 370 g/mol. The van der Waals surface area contributed by atoms with E-state index in [2.05, 4.69) is 31.9 Å². The van der Waals surface area contributed by atoms with Crippen molar-refractivity contribution in [2.75, 3.05) is 20.3 Å². The summed E-state index contributed by atoms with van der Waals surface area (Å²) >= 11 is 8.27. The van der Waals surface area contributed by atoms with Crippen LogP contribution in [0.3, 0.4) is 0 Å². The highest BCUT2D eigenvalue weighted by Gasteiger charge is 2.24. The number of carbonyl (C=O) groups is 1. The number of rotatable bonds is 2. The number of ether oxygens (including phenoxy) is 1. The Morgan fingerprint density at radius 1 is 1.47 bits per heavy atom. The lowest BCUT2D eigenvalue weighted by Gasteiger charge is -2.30. The zero-order chi connectivity index (χ0) is 12.4. The summed E-state index contributed by atoms with van der Waals surface area (Å²) in [6.07, 6.45) is 1.85. The monoisotopic (exact) mass is 381 g/mol. The van der Waals surface area contributed by atoms with E-state index in [1.165, 1.54) is 11.3 Å². The SMILES string of the molecule is CN(C(=O)c1cc(Br)c(Br)s1)C1CCOCC1. The van der Waals surface area contributed by atoms with Crippen molar-refractivity contribution in [2.24, 2.45) is 0 Å². The van der Waals surface area contributed by atoms with Crippen molar-refractivity contribution in [1.29, 1.82) is 0 Å². The van der Waals surface area contributed by atoms with Crippen LogP contribution >= 0.6 is 43.2 Å². The van der Waals surface area contributed by atoms with E-state index in [4.69, 9.17) is 4.74 Å². The lowest BCUT2D eigenvalue weighted by Crippen LogP contribution is -2.40. The average Bonchev–Trinajstić information content (AvgIpc) is 2.69. The maximum Gasteiger partial charge on any atom is 0.263 e. The Bertz CT molecular complexity index is 396. The van der Waals surface area contributed by atoms with Crippen LogP contribution < -0.4 is 0 Å². The highest BCUT2D eigenvalue weighted by molar-refractivity contribution is 9.13. The van der Waals surface area contributed by atoms with Crippen LogP contribution in [0, 0.1) is 0 Å². The lowest BCUT2D eigenvalue weighted by molar-refractivity contribution is 0.0365. The number of hydrogen-bond donors (Lipinski definition) is 0. The molecular formula is C11H13Br2NO2S. The molecule has 94 valence electrons. The zero-order valence-corrected chi connectivity index (χ0v) is 13.4. The quantitative estimate of drug-likeness (QED) is 0.783. The van der Waals surface area contributed by atoms with E-state index in [1.807, 2.05) is 18.0 Å². The molecule has 1 saturated heterocycles. The second-order valence-corrected chi connectivity index (χ2v) is 7.22. The third-order valence-electron chi connectivity index (χ3n) is 2.91. The van der Waals surface area contributed by atoms with Crippen molar-refractivity contribution in [3.63, 3.8) is 0 Å². The molecule has 1 fully saturated rings. The fraction of sp³-hybridized carbons (Fsp3) is 0.545. The number of carbonyl (C=O) groups excluding carboxylic acids is 1. The first-order valence-corrected chi connectivity index (χ1v) is 7.79. The van der Waals surface area contributed by atoms with Crippen LogP contribution in [0.25, 0.3) is 0 Å². The van der Waals surface area contributed by atoms with Gasteiger partial charge < -0.3 is 9.64 Å². The van der Waals surface area contributed by atoms with Gasteiger partial charge >= 0.3 is 0 Å². The molecule has 1 aromatic heterocycles. The summed E-state index contributed by atoms with van der Waals surface area (Å²) in [5, 5.41) is 0. The highest BCUT2D eigenvalue weighted by Crippen LogP contribution is 2.33. The summed E-state index contributed by atoms with van der Waals surface area (Å²) in [5.41, 5.74) is 0. The molecule has 0 bridgehead atoms. The largest absolute Gasteiger partial charge is 0.381 e. The van der Waals surface area contributed by atoms with Gasteiger partial charge in [-0.05, 0) is 50.8 Å². The van der Waals surface area contributed by atoms with Crippen molar-refractivity contribution >= 4 is 49.1 Å². The van der Waals surface area contributed by atoms with Gasteiger partial charge in [0.25, 0.3) is 5.91 Å². The van der Waals surface area contributed by atoms with E-state index >= 15 is 0 Å². The minimum Gasteiger partial charge on any atom is -0.381 e. The van der Waals surface area contributed by atoms with Gasteiger partial charge in [-0.25, -0.2) is 0 Å². The molecule has 0 aromatic carbocycles. The van der Waals surface area contributed by atoms with E-state index in [1.54, 1.807) is 0 Å². The number of nitrogens with zero attached hydrogens (tertiary/aromatic N) is 1. The van der Waals surface area contributed by atoms with Crippen LogP contribution in [0.15, 0.2) is 14.3 Å². The number of thiophene rings is 1. The summed E-state index contributed by atoms with van der Waals surface area (Å²) in [7, 11) is 1.87. The molecule has 17 heavy (non-hydrogen) atoms. The van der Waals surface area contributed by atoms with Gasteiger partial charge in [-0.3, -0.25) is 4.79 Å². The second kappa shape index (κ2) is 5.82. The average molecular weight is 383 g/mol. The van der Waals surface area contributed by atoms with Gasteiger partial charge in [-0.15, -0.1) is 11.3 Å². The molecule has 0 aliphatic carbocycles. The molecule has 1 amide bonds. The summed E-state index contributed by atoms with van der Waals surface area (Å²) in [6.45, 7) is 1.50. The van der Waals surface area contributed by atoms with E-state index in [0.29, 0.717) is 6.04 Å². The summed E-state index contributed by atoms with van der Waals surface area (Å²) < 4.78 is 7.20. The van der Waals surface area contributed by atoms with E-state index in [-0.39, 0.29) is 5.91 Å². The molecule has 3 nitrogen and oxygen atoms in total. The Kier molecular flexibility index (Phi) is 4.63. The standard InChI is InChI=1S/C11H13Br2NO2S/c1-14(7-2-4-16-5-3-7)11(15)9-6-8(12)10(13)17-9/h6-7H,2-5H2,1H3. The molecule has 2 rings (SSSR count). The Morgan fingerprint density at radius 3 is 2.65 bits per heavy atom. The van der Waals surface area contributed by atoms with E-state index in [0.717, 1.165) is 39.2 Å². The molecule has 1 aliphatic heterocycles. The maximum absolute atomic E-state index is 12.3. The van der Waals surface area contributed by atoms with E-state index in [9.17, 15) is 4.79 Å². The van der Waals surface area contributed by atoms with Gasteiger partial charge in [0.2, 0.25) is 0 Å². The first-order chi connectivity index (χ1) is 8.09. The molecule has 0 N–H and O–H groups in total. The molecule has 6 heteroatoms. The second-order valence-electron chi connectivity index (χ2n) is 3.99. The highest BCUT2D eigenvalue weighted by atomic mass is 79.9. The Morgan fingerprint density at radius 2 is 2.12 bits per heavy atom. The maximum atomic E-state index is 12.3. The van der Waals surface area contributed by atoms with Crippen molar-refractivity contribution in [3.8, 4) is 0 Å². The topological polar surface area (TPSA) is 29.5 Å². The number of hydrogen-bond acceptors (Lipinski definition) is 3. The molecule has 0 radical (unpaired) electrons. The van der Waals surface area contributed by atoms with Crippen molar-refractivity contribution < 1.29 is 9.53 Å². The lowest BCUT2D eigenvalue weighted by atomic mass is 10.1. The molecule has 0 spiro atoms. The van der Waals surface area contributed by atoms with Crippen LogP contribution in [0.5, 0.6) is 0 Å². The minimum absolute atomic E-state index is 0.0910. The molecule has 0 saturated carbocycles. The smallest absolute Gasteiger partial charge is 0.263 e. The van der Waals surface area contributed by atoms with Gasteiger partial charge in [0.1, 0.15) is 0 Å². The van der Waals surface area contributed by atoms with Crippen LogP contribution in [0.1, 0.15) is 22.5 Å². The third-order valence-corrected chi connectivity index (χ3v) is 6.16. The Hall–Kier alpha value is 0.0900. The summed E-state index contributed by atoms with van der Waals surface area (Å²) in [4.78, 5) is 14.9. The first kappa shape index (κ1) is 13.5. The summed E-state index contributed by atoms with van der Waals surface area (Å²) in [6, 6.07) is 2.17. The fourth-order valence-electron chi connectivity index (χ4n) is 1.86. The van der Waals surface area contributed by atoms with Gasteiger partial charge in [-0.1, -0.05) is 0 Å². The molecule has 1 aromatic rings. The van der Waals surface area contributed by atoms with Crippen molar-refractivity contribution in [1.82, 2.24) is 4.90 Å². The molecule has 2 heterocycles. The minimum atomic E-state index is 0.0910. The van der Waals surface area contributed by atoms with Crippen LogP contribution in [-0.4, -0.2) is 37.1 Å². The predicted octanol–water partition coefficient (Wildman–Crippen LogP) is 3.52. The van der Waals surface area contributed by atoms with Gasteiger partial charge in [0, 0.05) is 30.8 Å². The fourth-order valence-corrected chi connectivity index (χ4v) is 3.88. The normalized spacial score (nSPS) is 17.1. The number of halogens is 2. The van der Waals surface area contributed by atoms with Gasteiger partial charge in [0.15, 0.2) is 0 Å². The summed E-state index contributed by atoms with van der Waals surface area (Å²) in [5.74, 6) is 0.0910. The van der Waals surface area contributed by atoms with Gasteiger partial charge in [-0.2, -0.15) is 0 Å². The van der Waals surface area contributed by atoms with Crippen LogP contribution in [0.4, 0.5) is 0 Å². The Labute approximate surface area is 121 Å². The van der Waals surface area contributed by atoms with Crippen molar-refractivity contribution in [2.45, 2.75) is 18.9 Å². The van der Waals surface area contributed by atoms with Gasteiger partial charge in [0.05, 0.1) is 8.66 Å². The van der Waals surface area contributed by atoms with Crippen LogP contribution in [0.2, 0.25) is 0 Å². The predicted molar refractivity (Wildman–Crippen MR) is 75.7 cm³/mol. The van der Waals surface area contributed by atoms with Crippen molar-refractivity contribution in [3.05, 3.63) is 19.2 Å².